The van der Waals surface area contributed by atoms with Gasteiger partial charge >= 0.3 is 0 Å². The van der Waals surface area contributed by atoms with Crippen molar-refractivity contribution in [2.75, 3.05) is 7.11 Å². The Morgan fingerprint density at radius 1 is 1.04 bits per heavy atom. The molecule has 1 saturated heterocycles. The fourth-order valence-electron chi connectivity index (χ4n) is 7.13. The number of nitrogens with zero attached hydrogens (tertiary/aromatic N) is 1. The van der Waals surface area contributed by atoms with E-state index in [0.29, 0.717) is 11.9 Å². The normalized spacial score (nSPS) is 39.8. The van der Waals surface area contributed by atoms with Gasteiger partial charge in [-0.2, -0.15) is 0 Å². The maximum absolute atomic E-state index is 13.2. The molecule has 3 nitrogen and oxygen atoms in total. The van der Waals surface area contributed by atoms with Crippen molar-refractivity contribution in [3.05, 3.63) is 29.3 Å². The molecule has 6 rings (SSSR count). The predicted octanol–water partition coefficient (Wildman–Crippen LogP) is 4.74. The average Bonchev–Trinajstić information content (AvgIpc) is 2.60. The van der Waals surface area contributed by atoms with Gasteiger partial charge in [0.2, 0.25) is 5.91 Å². The van der Waals surface area contributed by atoms with Gasteiger partial charge in [0.25, 0.3) is 0 Å². The van der Waals surface area contributed by atoms with Gasteiger partial charge in [0.1, 0.15) is 5.75 Å². The first-order chi connectivity index (χ1) is 12.4. The van der Waals surface area contributed by atoms with Crippen LogP contribution in [0.2, 0.25) is 0 Å². The SMILES string of the molecule is COc1ccc(C2N(C3C4CC5CC(C4)CC3C5)C(=O)C2(C)C)c(C)c1. The summed E-state index contributed by atoms with van der Waals surface area (Å²) in [5, 5.41) is 0. The van der Waals surface area contributed by atoms with E-state index in [1.807, 2.05) is 0 Å². The third kappa shape index (κ3) is 2.15. The number of methoxy groups -OCH3 is 1. The van der Waals surface area contributed by atoms with Crippen LogP contribution in [0.5, 0.6) is 5.75 Å². The Morgan fingerprint density at radius 3 is 2.19 bits per heavy atom. The number of hydrogen-bond acceptors (Lipinski definition) is 2. The van der Waals surface area contributed by atoms with Crippen LogP contribution in [0.4, 0.5) is 0 Å². The number of carbonyl (C=O) groups is 1. The number of aryl methyl sites for hydroxylation is 1. The van der Waals surface area contributed by atoms with Crippen LogP contribution in [0.3, 0.4) is 0 Å². The fourth-order valence-corrected chi connectivity index (χ4v) is 7.13. The number of β-lactam (4-membered cyclic amide) rings is 1. The maximum atomic E-state index is 13.2. The van der Waals surface area contributed by atoms with E-state index in [2.05, 4.69) is 43.9 Å². The van der Waals surface area contributed by atoms with Gasteiger partial charge in [0.05, 0.1) is 18.6 Å². The monoisotopic (exact) mass is 353 g/mol. The van der Waals surface area contributed by atoms with Gasteiger partial charge in [-0.25, -0.2) is 0 Å². The third-order valence-corrected chi connectivity index (χ3v) is 8.02. The summed E-state index contributed by atoms with van der Waals surface area (Å²) in [4.78, 5) is 15.5. The molecule has 1 heterocycles. The minimum absolute atomic E-state index is 0.212. The molecular formula is C23H31NO2. The lowest BCUT2D eigenvalue weighted by Gasteiger charge is -2.64. The molecule has 1 amide bonds. The molecule has 1 aromatic rings. The number of ether oxygens (including phenoxy) is 1. The zero-order chi connectivity index (χ0) is 18.2. The molecule has 3 heteroatoms. The fraction of sp³-hybridized carbons (Fsp3) is 0.696. The van der Waals surface area contributed by atoms with E-state index in [-0.39, 0.29) is 11.5 Å². The van der Waals surface area contributed by atoms with Gasteiger partial charge in [-0.05, 0) is 99.8 Å². The van der Waals surface area contributed by atoms with E-state index in [1.54, 1.807) is 7.11 Å². The lowest BCUT2D eigenvalue weighted by Crippen LogP contribution is -2.69. The van der Waals surface area contributed by atoms with Crippen LogP contribution in [-0.2, 0) is 4.79 Å². The molecule has 26 heavy (non-hydrogen) atoms. The molecule has 4 bridgehead atoms. The summed E-state index contributed by atoms with van der Waals surface area (Å²) < 4.78 is 5.39. The number of benzene rings is 1. The molecule has 1 unspecified atom stereocenters. The highest BCUT2D eigenvalue weighted by molar-refractivity contribution is 5.90. The van der Waals surface area contributed by atoms with Crippen LogP contribution in [0.15, 0.2) is 18.2 Å². The van der Waals surface area contributed by atoms with Crippen molar-refractivity contribution in [3.63, 3.8) is 0 Å². The lowest BCUT2D eigenvalue weighted by atomic mass is 9.52. The summed E-state index contributed by atoms with van der Waals surface area (Å²) in [7, 11) is 1.71. The van der Waals surface area contributed by atoms with Gasteiger partial charge in [0.15, 0.2) is 0 Å². The Morgan fingerprint density at radius 2 is 1.65 bits per heavy atom. The van der Waals surface area contributed by atoms with Crippen molar-refractivity contribution in [2.45, 2.75) is 65.0 Å². The molecule has 4 aliphatic carbocycles. The quantitative estimate of drug-likeness (QED) is 0.735. The Labute approximate surface area is 157 Å². The van der Waals surface area contributed by atoms with Crippen LogP contribution in [0.1, 0.15) is 63.1 Å². The number of amides is 1. The van der Waals surface area contributed by atoms with E-state index < -0.39 is 0 Å². The molecule has 0 radical (unpaired) electrons. The number of rotatable bonds is 3. The summed E-state index contributed by atoms with van der Waals surface area (Å²) in [5.41, 5.74) is 2.25. The number of likely N-dealkylation sites (tertiary alicyclic amines) is 1. The first kappa shape index (κ1) is 16.6. The maximum Gasteiger partial charge on any atom is 0.231 e. The van der Waals surface area contributed by atoms with Gasteiger partial charge < -0.3 is 9.64 Å². The molecule has 0 spiro atoms. The first-order valence-corrected chi connectivity index (χ1v) is 10.4. The summed E-state index contributed by atoms with van der Waals surface area (Å²) in [6.07, 6.45) is 6.89. The van der Waals surface area contributed by atoms with Crippen molar-refractivity contribution >= 4 is 5.91 Å². The largest absolute Gasteiger partial charge is 0.497 e. The van der Waals surface area contributed by atoms with Gasteiger partial charge in [-0.1, -0.05) is 6.07 Å². The standard InChI is InChI=1S/C23H31NO2/c1-13-7-18(26-4)5-6-19(13)21-23(2,3)22(25)24(21)20-16-9-14-8-15(11-16)12-17(20)10-14/h5-7,14-17,20-21H,8-12H2,1-4H3. The van der Waals surface area contributed by atoms with Crippen molar-refractivity contribution in [2.24, 2.45) is 29.1 Å². The Hall–Kier alpha value is -1.51. The van der Waals surface area contributed by atoms with Gasteiger partial charge in [0, 0.05) is 6.04 Å². The first-order valence-electron chi connectivity index (χ1n) is 10.4. The summed E-state index contributed by atoms with van der Waals surface area (Å²) in [6, 6.07) is 7.05. The zero-order valence-corrected chi connectivity index (χ0v) is 16.5. The Balaban J connectivity index is 1.51. The highest BCUT2D eigenvalue weighted by Crippen LogP contribution is 2.61. The molecule has 1 atom stereocenters. The smallest absolute Gasteiger partial charge is 0.231 e. The molecule has 5 fully saturated rings. The second kappa shape index (κ2) is 5.50. The van der Waals surface area contributed by atoms with E-state index in [0.717, 1.165) is 29.4 Å². The summed E-state index contributed by atoms with van der Waals surface area (Å²) in [6.45, 7) is 6.43. The Bertz CT molecular complexity index is 725. The second-order valence-corrected chi connectivity index (χ2v) is 9.98. The highest BCUT2D eigenvalue weighted by Gasteiger charge is 2.62. The zero-order valence-electron chi connectivity index (χ0n) is 16.5. The third-order valence-electron chi connectivity index (χ3n) is 8.02. The second-order valence-electron chi connectivity index (χ2n) is 9.98. The molecular weight excluding hydrogens is 322 g/mol. The van der Waals surface area contributed by atoms with Crippen LogP contribution in [0, 0.1) is 36.0 Å². The Kier molecular flexibility index (Phi) is 3.52. The van der Waals surface area contributed by atoms with Crippen molar-refractivity contribution in [1.82, 2.24) is 4.90 Å². The molecule has 140 valence electrons. The van der Waals surface area contributed by atoms with E-state index in [4.69, 9.17) is 4.74 Å². The van der Waals surface area contributed by atoms with Crippen LogP contribution < -0.4 is 4.74 Å². The topological polar surface area (TPSA) is 29.5 Å². The molecule has 1 aromatic carbocycles. The van der Waals surface area contributed by atoms with Crippen LogP contribution in [0.25, 0.3) is 0 Å². The molecule has 1 aliphatic heterocycles. The number of hydrogen-bond donors (Lipinski definition) is 0. The molecule has 4 saturated carbocycles. The van der Waals surface area contributed by atoms with Gasteiger partial charge in [-0.3, -0.25) is 4.79 Å². The average molecular weight is 354 g/mol. The summed E-state index contributed by atoms with van der Waals surface area (Å²) >= 11 is 0. The molecule has 0 N–H and O–H groups in total. The summed E-state index contributed by atoms with van der Waals surface area (Å²) in [5.74, 6) is 4.64. The van der Waals surface area contributed by atoms with Gasteiger partial charge in [-0.15, -0.1) is 0 Å². The minimum atomic E-state index is -0.298. The van der Waals surface area contributed by atoms with E-state index >= 15 is 0 Å². The van der Waals surface area contributed by atoms with Crippen LogP contribution in [-0.4, -0.2) is 24.0 Å². The van der Waals surface area contributed by atoms with Crippen molar-refractivity contribution in [3.8, 4) is 5.75 Å². The minimum Gasteiger partial charge on any atom is -0.497 e. The lowest BCUT2D eigenvalue weighted by molar-refractivity contribution is -0.191. The van der Waals surface area contributed by atoms with Crippen LogP contribution >= 0.6 is 0 Å². The van der Waals surface area contributed by atoms with E-state index in [1.165, 1.54) is 43.2 Å². The highest BCUT2D eigenvalue weighted by atomic mass is 16.5. The van der Waals surface area contributed by atoms with Crippen molar-refractivity contribution in [1.29, 1.82) is 0 Å². The van der Waals surface area contributed by atoms with Crippen molar-refractivity contribution < 1.29 is 9.53 Å². The molecule has 5 aliphatic rings. The number of carbonyl (C=O) groups excluding carboxylic acids is 1. The molecule has 0 aromatic heterocycles. The predicted molar refractivity (Wildman–Crippen MR) is 102 cm³/mol. The van der Waals surface area contributed by atoms with E-state index in [9.17, 15) is 4.79 Å².